The zero-order valence-electron chi connectivity index (χ0n) is 20.2. The Balaban J connectivity index is 1.56. The summed E-state index contributed by atoms with van der Waals surface area (Å²) in [6.45, 7) is 4.08. The van der Waals surface area contributed by atoms with Crippen LogP contribution in [-0.4, -0.2) is 0 Å². The monoisotopic (exact) mass is 478 g/mol. The van der Waals surface area contributed by atoms with Gasteiger partial charge in [-0.3, -0.25) is 0 Å². The molecule has 1 unspecified atom stereocenters. The summed E-state index contributed by atoms with van der Waals surface area (Å²) >= 11 is 0. The van der Waals surface area contributed by atoms with Gasteiger partial charge in [0.1, 0.15) is 0 Å². The van der Waals surface area contributed by atoms with Crippen molar-refractivity contribution >= 4 is 5.57 Å². The highest BCUT2D eigenvalue weighted by atomic mass is 19.2. The number of aryl methyl sites for hydroxylation is 1. The second kappa shape index (κ2) is 11.1. The molecule has 0 bridgehead atoms. The zero-order valence-corrected chi connectivity index (χ0v) is 20.2. The molecule has 4 heteroatoms. The molecule has 0 saturated heterocycles. The van der Waals surface area contributed by atoms with Crippen molar-refractivity contribution in [3.63, 3.8) is 0 Å². The Morgan fingerprint density at radius 3 is 1.94 bits per heavy atom. The first-order chi connectivity index (χ1) is 16.9. The van der Waals surface area contributed by atoms with Crippen molar-refractivity contribution in [2.45, 2.75) is 52.4 Å². The van der Waals surface area contributed by atoms with Crippen LogP contribution in [0.2, 0.25) is 0 Å². The fourth-order valence-corrected chi connectivity index (χ4v) is 4.64. The van der Waals surface area contributed by atoms with Crippen LogP contribution in [0.3, 0.4) is 0 Å². The third kappa shape index (κ3) is 5.42. The van der Waals surface area contributed by atoms with Crippen LogP contribution in [0.1, 0.15) is 57.1 Å². The molecular weight excluding hydrogens is 448 g/mol. The number of hydrogen-bond acceptors (Lipinski definition) is 0. The van der Waals surface area contributed by atoms with Crippen molar-refractivity contribution in [1.82, 2.24) is 0 Å². The van der Waals surface area contributed by atoms with Crippen molar-refractivity contribution in [1.29, 1.82) is 0 Å². The van der Waals surface area contributed by atoms with Crippen LogP contribution < -0.4 is 0 Å². The number of unbranched alkanes of at least 4 members (excludes halogenated alkanes) is 1. The fourth-order valence-electron chi connectivity index (χ4n) is 4.64. The quantitative estimate of drug-likeness (QED) is 0.180. The maximum Gasteiger partial charge on any atom is 0.167 e. The molecule has 4 rings (SSSR count). The van der Waals surface area contributed by atoms with Crippen LogP contribution in [0.5, 0.6) is 0 Å². The molecule has 0 radical (unpaired) electrons. The Kier molecular flexibility index (Phi) is 7.90. The summed E-state index contributed by atoms with van der Waals surface area (Å²) in [6.07, 6.45) is 10.5. The Bertz CT molecular complexity index is 1250. The van der Waals surface area contributed by atoms with Crippen LogP contribution in [-0.2, 0) is 6.42 Å². The molecule has 0 amide bonds. The van der Waals surface area contributed by atoms with E-state index >= 15 is 0 Å². The zero-order chi connectivity index (χ0) is 24.9. The first kappa shape index (κ1) is 25.0. The van der Waals surface area contributed by atoms with Gasteiger partial charge in [0.25, 0.3) is 0 Å². The lowest BCUT2D eigenvalue weighted by atomic mass is 9.87. The molecule has 0 aliphatic heterocycles. The molecule has 0 saturated carbocycles. The maximum atomic E-state index is 15.0. The summed E-state index contributed by atoms with van der Waals surface area (Å²) in [5, 5.41) is 0. The molecule has 0 fully saturated rings. The molecule has 0 nitrogen and oxygen atoms in total. The lowest BCUT2D eigenvalue weighted by Crippen LogP contribution is -2.04. The molecule has 0 aromatic heterocycles. The van der Waals surface area contributed by atoms with E-state index in [2.05, 4.69) is 6.92 Å². The Hall–Kier alpha value is -3.14. The van der Waals surface area contributed by atoms with E-state index in [4.69, 9.17) is 0 Å². The smallest absolute Gasteiger partial charge is 0.167 e. The number of hydrogen-bond donors (Lipinski definition) is 0. The van der Waals surface area contributed by atoms with E-state index in [1.54, 1.807) is 48.5 Å². The van der Waals surface area contributed by atoms with E-state index in [-0.39, 0.29) is 11.1 Å². The predicted molar refractivity (Wildman–Crippen MR) is 136 cm³/mol. The summed E-state index contributed by atoms with van der Waals surface area (Å²) < 4.78 is 59.4. The molecule has 182 valence electrons. The van der Waals surface area contributed by atoms with Crippen molar-refractivity contribution < 1.29 is 17.6 Å². The van der Waals surface area contributed by atoms with Gasteiger partial charge < -0.3 is 0 Å². The normalized spacial score (nSPS) is 16.1. The van der Waals surface area contributed by atoms with Crippen molar-refractivity contribution in [2.75, 3.05) is 0 Å². The minimum atomic E-state index is -0.894. The molecule has 0 heterocycles. The summed E-state index contributed by atoms with van der Waals surface area (Å²) in [5.74, 6) is -2.90. The lowest BCUT2D eigenvalue weighted by molar-refractivity contribution is 0.500. The van der Waals surface area contributed by atoms with Gasteiger partial charge >= 0.3 is 0 Å². The number of rotatable bonds is 7. The van der Waals surface area contributed by atoms with Gasteiger partial charge in [-0.1, -0.05) is 73.7 Å². The van der Waals surface area contributed by atoms with E-state index in [0.717, 1.165) is 37.7 Å². The summed E-state index contributed by atoms with van der Waals surface area (Å²) in [4.78, 5) is 0. The third-order valence-corrected chi connectivity index (χ3v) is 6.82. The molecule has 1 atom stereocenters. The minimum absolute atomic E-state index is 0.144. The molecule has 1 aliphatic carbocycles. The predicted octanol–water partition coefficient (Wildman–Crippen LogP) is 9.68. The largest absolute Gasteiger partial charge is 0.203 e. The minimum Gasteiger partial charge on any atom is -0.203 e. The first-order valence-corrected chi connectivity index (χ1v) is 12.3. The van der Waals surface area contributed by atoms with E-state index < -0.39 is 23.3 Å². The van der Waals surface area contributed by atoms with Gasteiger partial charge in [0.2, 0.25) is 0 Å². The molecule has 3 aromatic rings. The summed E-state index contributed by atoms with van der Waals surface area (Å²) in [5.41, 5.74) is 2.77. The second-order valence-corrected chi connectivity index (χ2v) is 9.34. The van der Waals surface area contributed by atoms with Crippen LogP contribution in [0.15, 0.2) is 66.8 Å². The maximum absolute atomic E-state index is 15.0. The Labute approximate surface area is 205 Å². The van der Waals surface area contributed by atoms with Crippen LogP contribution >= 0.6 is 0 Å². The molecule has 0 N–H and O–H groups in total. The Morgan fingerprint density at radius 2 is 1.34 bits per heavy atom. The summed E-state index contributed by atoms with van der Waals surface area (Å²) in [6, 6.07) is 12.8. The van der Waals surface area contributed by atoms with Gasteiger partial charge in [-0.15, -0.1) is 0 Å². The molecule has 1 aliphatic rings. The first-order valence-electron chi connectivity index (χ1n) is 12.3. The number of benzene rings is 3. The van der Waals surface area contributed by atoms with E-state index in [1.807, 2.05) is 25.2 Å². The van der Waals surface area contributed by atoms with E-state index in [0.29, 0.717) is 34.6 Å². The topological polar surface area (TPSA) is 0 Å². The average Bonchev–Trinajstić information content (AvgIpc) is 2.87. The van der Waals surface area contributed by atoms with Crippen LogP contribution in [0.4, 0.5) is 17.6 Å². The fraction of sp³-hybridized carbons (Fsp3) is 0.290. The molecule has 35 heavy (non-hydrogen) atoms. The van der Waals surface area contributed by atoms with Crippen LogP contribution in [0, 0.1) is 29.2 Å². The van der Waals surface area contributed by atoms with Crippen LogP contribution in [0.25, 0.3) is 27.8 Å². The molecule has 3 aromatic carbocycles. The van der Waals surface area contributed by atoms with Gasteiger partial charge in [-0.2, -0.15) is 0 Å². The summed E-state index contributed by atoms with van der Waals surface area (Å²) in [7, 11) is 0. The highest BCUT2D eigenvalue weighted by Gasteiger charge is 2.20. The number of allylic oxidation sites excluding steroid dienone is 4. The SMILES string of the molecule is C/C=C\CCCc1ccc(-c2ccc(-c3ccc(C4=CCC(C)CC4)c(F)c3F)cc2)c(F)c1F. The Morgan fingerprint density at radius 1 is 0.771 bits per heavy atom. The van der Waals surface area contributed by atoms with Gasteiger partial charge in [0.15, 0.2) is 23.3 Å². The van der Waals surface area contributed by atoms with E-state index in [9.17, 15) is 17.6 Å². The van der Waals surface area contributed by atoms with Gasteiger partial charge in [-0.05, 0) is 73.6 Å². The van der Waals surface area contributed by atoms with Gasteiger partial charge in [0, 0.05) is 16.7 Å². The highest BCUT2D eigenvalue weighted by molar-refractivity contribution is 5.74. The highest BCUT2D eigenvalue weighted by Crippen LogP contribution is 2.35. The average molecular weight is 479 g/mol. The van der Waals surface area contributed by atoms with Gasteiger partial charge in [-0.25, -0.2) is 17.6 Å². The van der Waals surface area contributed by atoms with Crippen molar-refractivity contribution in [2.24, 2.45) is 5.92 Å². The van der Waals surface area contributed by atoms with Crippen molar-refractivity contribution in [3.8, 4) is 22.3 Å². The van der Waals surface area contributed by atoms with E-state index in [1.165, 1.54) is 0 Å². The molecule has 0 spiro atoms. The van der Waals surface area contributed by atoms with Crippen molar-refractivity contribution in [3.05, 3.63) is 101 Å². The molecular formula is C31H30F4. The second-order valence-electron chi connectivity index (χ2n) is 9.34. The third-order valence-electron chi connectivity index (χ3n) is 6.82. The number of halogens is 4. The van der Waals surface area contributed by atoms with Gasteiger partial charge in [0.05, 0.1) is 0 Å². The standard InChI is InChI=1S/C31H30F4/c1-3-4-5-6-7-24-16-17-25(29(33)28(24)32)22-12-14-23(15-13-22)27-19-18-26(30(34)31(27)35)21-10-8-20(2)9-11-21/h3-4,10,12-20H,5-9,11H2,1-2H3/b4-3-. The lowest BCUT2D eigenvalue weighted by Gasteiger charge is -2.19.